The second-order valence-electron chi connectivity index (χ2n) is 7.20. The van der Waals surface area contributed by atoms with Crippen molar-refractivity contribution in [1.82, 2.24) is 9.88 Å². The largest absolute Gasteiger partial charge is 0.419 e. The molecule has 0 aromatic carbocycles. The van der Waals surface area contributed by atoms with Gasteiger partial charge in [-0.15, -0.1) is 0 Å². The zero-order chi connectivity index (χ0) is 20.1. The molecule has 2 aliphatic rings. The van der Waals surface area contributed by atoms with Crippen molar-refractivity contribution in [2.45, 2.75) is 31.5 Å². The molecule has 156 valence electrons. The van der Waals surface area contributed by atoms with E-state index >= 15 is 0 Å². The molecule has 0 saturated carbocycles. The molecule has 1 aromatic rings. The molecule has 6 nitrogen and oxygen atoms in total. The molecule has 0 radical (unpaired) electrons. The fourth-order valence-electron chi connectivity index (χ4n) is 3.91. The predicted molar refractivity (Wildman–Crippen MR) is 97.0 cm³/mol. The maximum atomic E-state index is 13.4. The van der Waals surface area contributed by atoms with Gasteiger partial charge in [0.1, 0.15) is 5.82 Å². The second kappa shape index (κ2) is 9.09. The third-order valence-corrected chi connectivity index (χ3v) is 5.33. The van der Waals surface area contributed by atoms with Gasteiger partial charge in [0.25, 0.3) is 0 Å². The summed E-state index contributed by atoms with van der Waals surface area (Å²) in [5.74, 6) is -0.455. The molecule has 2 atom stereocenters. The van der Waals surface area contributed by atoms with Gasteiger partial charge in [-0.3, -0.25) is 4.79 Å². The van der Waals surface area contributed by atoms with E-state index in [0.717, 1.165) is 6.07 Å². The molecule has 0 N–H and O–H groups in total. The molecule has 2 saturated heterocycles. The number of carbonyl (C=O) groups excluding carboxylic acids is 1. The van der Waals surface area contributed by atoms with E-state index in [-0.39, 0.29) is 30.2 Å². The molecule has 9 heteroatoms. The average Bonchev–Trinajstić information content (AvgIpc) is 2.71. The minimum absolute atomic E-state index is 0.0152. The lowest BCUT2D eigenvalue weighted by Crippen LogP contribution is -2.53. The zero-order valence-electron chi connectivity index (χ0n) is 16.0. The number of morpholine rings is 1. The van der Waals surface area contributed by atoms with Crippen LogP contribution in [-0.2, 0) is 20.4 Å². The van der Waals surface area contributed by atoms with Crippen LogP contribution in [0.1, 0.15) is 24.8 Å². The lowest BCUT2D eigenvalue weighted by molar-refractivity contribution is -0.145. The molecule has 1 amide bonds. The van der Waals surface area contributed by atoms with E-state index in [4.69, 9.17) is 9.47 Å². The van der Waals surface area contributed by atoms with Gasteiger partial charge in [0, 0.05) is 39.5 Å². The van der Waals surface area contributed by atoms with Crippen LogP contribution in [0.15, 0.2) is 18.3 Å². The molecule has 0 bridgehead atoms. The number of pyridine rings is 1. The van der Waals surface area contributed by atoms with Crippen LogP contribution in [0.3, 0.4) is 0 Å². The number of hydrogen-bond donors (Lipinski definition) is 0. The number of nitrogens with zero attached hydrogens (tertiary/aromatic N) is 3. The van der Waals surface area contributed by atoms with Crippen LogP contribution in [-0.4, -0.2) is 68.4 Å². The molecule has 0 unspecified atom stereocenters. The number of anilines is 1. The Balaban J connectivity index is 1.73. The summed E-state index contributed by atoms with van der Waals surface area (Å²) >= 11 is 0. The first kappa shape index (κ1) is 20.9. The smallest absolute Gasteiger partial charge is 0.385 e. The summed E-state index contributed by atoms with van der Waals surface area (Å²) in [6, 6.07) is 2.26. The number of methoxy groups -OCH3 is 1. The number of carbonyl (C=O) groups is 1. The Labute approximate surface area is 162 Å². The lowest BCUT2D eigenvalue weighted by atomic mass is 9.95. The average molecular weight is 401 g/mol. The first-order valence-electron chi connectivity index (χ1n) is 9.56. The van der Waals surface area contributed by atoms with Gasteiger partial charge >= 0.3 is 6.18 Å². The molecule has 28 heavy (non-hydrogen) atoms. The van der Waals surface area contributed by atoms with E-state index < -0.39 is 11.7 Å². The Morgan fingerprint density at radius 3 is 2.96 bits per heavy atom. The van der Waals surface area contributed by atoms with Crippen LogP contribution in [0.25, 0.3) is 0 Å². The van der Waals surface area contributed by atoms with Crippen molar-refractivity contribution < 1.29 is 27.4 Å². The Morgan fingerprint density at radius 2 is 2.21 bits per heavy atom. The molecule has 1 aromatic heterocycles. The molecule has 3 heterocycles. The van der Waals surface area contributed by atoms with Gasteiger partial charge in [-0.25, -0.2) is 4.98 Å². The Bertz CT molecular complexity index is 671. The summed E-state index contributed by atoms with van der Waals surface area (Å²) in [6.07, 6.45) is -1.12. The second-order valence-corrected chi connectivity index (χ2v) is 7.20. The van der Waals surface area contributed by atoms with Crippen LogP contribution < -0.4 is 4.90 Å². The fourth-order valence-corrected chi connectivity index (χ4v) is 3.91. The molecule has 0 aliphatic carbocycles. The first-order chi connectivity index (χ1) is 13.4. The number of aromatic nitrogens is 1. The molecule has 0 spiro atoms. The number of piperidine rings is 1. The highest BCUT2D eigenvalue weighted by Crippen LogP contribution is 2.36. The van der Waals surface area contributed by atoms with Gasteiger partial charge < -0.3 is 19.3 Å². The van der Waals surface area contributed by atoms with Gasteiger partial charge in [0.2, 0.25) is 5.91 Å². The quantitative estimate of drug-likeness (QED) is 0.759. The van der Waals surface area contributed by atoms with Crippen LogP contribution in [0.2, 0.25) is 0 Å². The van der Waals surface area contributed by atoms with Gasteiger partial charge in [-0.2, -0.15) is 13.2 Å². The minimum Gasteiger partial charge on any atom is -0.385 e. The highest BCUT2D eigenvalue weighted by molar-refractivity contribution is 5.80. The maximum absolute atomic E-state index is 13.4. The van der Waals surface area contributed by atoms with Crippen molar-refractivity contribution in [1.29, 1.82) is 0 Å². The van der Waals surface area contributed by atoms with E-state index in [0.29, 0.717) is 52.2 Å². The number of alkyl halides is 3. The van der Waals surface area contributed by atoms with Gasteiger partial charge in [-0.1, -0.05) is 0 Å². The van der Waals surface area contributed by atoms with Crippen molar-refractivity contribution in [2.24, 2.45) is 5.92 Å². The summed E-state index contributed by atoms with van der Waals surface area (Å²) < 4.78 is 50.7. The van der Waals surface area contributed by atoms with Crippen LogP contribution in [0, 0.1) is 5.92 Å². The minimum atomic E-state index is -4.48. The van der Waals surface area contributed by atoms with Gasteiger partial charge in [0.15, 0.2) is 0 Å². The number of ether oxygens (including phenoxy) is 2. The summed E-state index contributed by atoms with van der Waals surface area (Å²) in [5.41, 5.74) is -0.757. The molecular weight excluding hydrogens is 375 g/mol. The van der Waals surface area contributed by atoms with E-state index in [1.54, 1.807) is 12.0 Å². The van der Waals surface area contributed by atoms with Gasteiger partial charge in [0.05, 0.1) is 30.7 Å². The first-order valence-corrected chi connectivity index (χ1v) is 9.56. The lowest BCUT2D eigenvalue weighted by Gasteiger charge is -2.40. The summed E-state index contributed by atoms with van der Waals surface area (Å²) in [5, 5.41) is 0. The number of rotatable bonds is 5. The highest BCUT2D eigenvalue weighted by atomic mass is 19.4. The van der Waals surface area contributed by atoms with E-state index in [1.165, 1.54) is 12.3 Å². The molecular formula is C19H26F3N3O3. The maximum Gasteiger partial charge on any atom is 0.419 e. The standard InChI is InChI=1S/C19H26F3N3O3/c1-27-10-6-15-13-28-11-9-25(15)18(26)14-4-3-8-24(12-14)17-16(19(20,21)22)5-2-7-23-17/h2,5,7,14-15H,3-4,6,8-13H2,1H3/t14-,15+/m0/s1. The topological polar surface area (TPSA) is 54.9 Å². The number of amides is 1. The predicted octanol–water partition coefficient (Wildman–Crippen LogP) is 2.58. The SMILES string of the molecule is COCC[C@@H]1COCCN1C(=O)[C@H]1CCCN(c2ncccc2C(F)(F)F)C1. The van der Waals surface area contributed by atoms with Crippen LogP contribution >= 0.6 is 0 Å². The number of hydrogen-bond acceptors (Lipinski definition) is 5. The monoisotopic (exact) mass is 401 g/mol. The van der Waals surface area contributed by atoms with Crippen molar-refractivity contribution in [2.75, 3.05) is 51.5 Å². The zero-order valence-corrected chi connectivity index (χ0v) is 16.0. The third-order valence-electron chi connectivity index (χ3n) is 5.33. The third kappa shape index (κ3) is 4.75. The molecule has 2 fully saturated rings. The van der Waals surface area contributed by atoms with Crippen molar-refractivity contribution in [3.63, 3.8) is 0 Å². The Hall–Kier alpha value is -1.87. The van der Waals surface area contributed by atoms with E-state index in [2.05, 4.69) is 4.98 Å². The van der Waals surface area contributed by atoms with E-state index in [9.17, 15) is 18.0 Å². The summed E-state index contributed by atoms with van der Waals surface area (Å²) in [4.78, 5) is 20.5. The summed E-state index contributed by atoms with van der Waals surface area (Å²) in [7, 11) is 1.61. The van der Waals surface area contributed by atoms with Crippen molar-refractivity contribution in [3.05, 3.63) is 23.9 Å². The number of halogens is 3. The Morgan fingerprint density at radius 1 is 1.39 bits per heavy atom. The van der Waals surface area contributed by atoms with Crippen LogP contribution in [0.5, 0.6) is 0 Å². The van der Waals surface area contributed by atoms with Gasteiger partial charge in [-0.05, 0) is 31.4 Å². The van der Waals surface area contributed by atoms with E-state index in [1.807, 2.05) is 4.90 Å². The van der Waals surface area contributed by atoms with Crippen molar-refractivity contribution in [3.8, 4) is 0 Å². The van der Waals surface area contributed by atoms with Crippen LogP contribution in [0.4, 0.5) is 19.0 Å². The molecule has 3 rings (SSSR count). The highest BCUT2D eigenvalue weighted by Gasteiger charge is 2.39. The van der Waals surface area contributed by atoms with Crippen molar-refractivity contribution >= 4 is 11.7 Å². The Kier molecular flexibility index (Phi) is 6.77. The summed E-state index contributed by atoms with van der Waals surface area (Å²) in [6.45, 7) is 2.67. The normalized spacial score (nSPS) is 23.7. The fraction of sp³-hybridized carbons (Fsp3) is 0.684. The molecule has 2 aliphatic heterocycles.